The van der Waals surface area contributed by atoms with Crippen LogP contribution in [0.15, 0.2) is 17.5 Å². The Kier molecular flexibility index (Phi) is 3.84. The van der Waals surface area contributed by atoms with Crippen molar-refractivity contribution < 1.29 is 4.79 Å². The molecule has 2 aromatic rings. The summed E-state index contributed by atoms with van der Waals surface area (Å²) in [5, 5.41) is 4.97. The molecular formula is C11H12ClNOS2. The number of alkyl halides is 1. The molecule has 2 rings (SSSR count). The minimum Gasteiger partial charge on any atom is -0.347 e. The van der Waals surface area contributed by atoms with E-state index in [1.54, 1.807) is 11.3 Å². The van der Waals surface area contributed by atoms with Crippen LogP contribution in [0, 0.1) is 0 Å². The Labute approximate surface area is 107 Å². The summed E-state index contributed by atoms with van der Waals surface area (Å²) in [6.45, 7) is 2.01. The van der Waals surface area contributed by atoms with Crippen molar-refractivity contribution in [2.24, 2.45) is 0 Å². The van der Waals surface area contributed by atoms with Gasteiger partial charge in [-0.05, 0) is 23.9 Å². The lowest BCUT2D eigenvalue weighted by molar-refractivity contribution is 0.0944. The van der Waals surface area contributed by atoms with E-state index in [0.29, 0.717) is 5.88 Å². The minimum atomic E-state index is -0.0131. The third-order valence-electron chi connectivity index (χ3n) is 2.38. The number of carbonyl (C=O) groups is 1. The summed E-state index contributed by atoms with van der Waals surface area (Å²) in [6.07, 6.45) is 0.856. The maximum atomic E-state index is 11.9. The van der Waals surface area contributed by atoms with Crippen LogP contribution in [0.5, 0.6) is 0 Å². The van der Waals surface area contributed by atoms with Gasteiger partial charge in [-0.2, -0.15) is 0 Å². The molecule has 0 bridgehead atoms. The topological polar surface area (TPSA) is 29.1 Å². The number of halogens is 1. The summed E-state index contributed by atoms with van der Waals surface area (Å²) >= 11 is 8.94. The van der Waals surface area contributed by atoms with Crippen molar-refractivity contribution >= 4 is 49.6 Å². The van der Waals surface area contributed by atoms with E-state index in [0.717, 1.165) is 11.3 Å². The molecule has 1 N–H and O–H groups in total. The Morgan fingerprint density at radius 3 is 3.00 bits per heavy atom. The van der Waals surface area contributed by atoms with Gasteiger partial charge in [-0.15, -0.1) is 34.3 Å². The van der Waals surface area contributed by atoms with E-state index in [-0.39, 0.29) is 11.9 Å². The fraction of sp³-hybridized carbons (Fsp3) is 0.364. The summed E-state index contributed by atoms with van der Waals surface area (Å²) in [6, 6.07) is 4.05. The summed E-state index contributed by atoms with van der Waals surface area (Å²) in [7, 11) is 0. The molecule has 86 valence electrons. The van der Waals surface area contributed by atoms with Crippen LogP contribution >= 0.6 is 34.3 Å². The molecule has 16 heavy (non-hydrogen) atoms. The molecule has 5 heteroatoms. The number of hydrogen-bond donors (Lipinski definition) is 1. The van der Waals surface area contributed by atoms with Crippen LogP contribution in [0.1, 0.15) is 23.0 Å². The van der Waals surface area contributed by atoms with Gasteiger partial charge in [0, 0.05) is 21.3 Å². The summed E-state index contributed by atoms with van der Waals surface area (Å²) in [5.74, 6) is 0.447. The van der Waals surface area contributed by atoms with Gasteiger partial charge in [-0.1, -0.05) is 6.92 Å². The van der Waals surface area contributed by atoms with Gasteiger partial charge in [-0.3, -0.25) is 4.79 Å². The van der Waals surface area contributed by atoms with E-state index in [2.05, 4.69) is 5.32 Å². The SMILES string of the molecule is CCC(CCl)NC(=O)c1cc2sccc2s1. The first-order valence-electron chi connectivity index (χ1n) is 5.08. The highest BCUT2D eigenvalue weighted by Crippen LogP contribution is 2.29. The zero-order valence-electron chi connectivity index (χ0n) is 8.83. The lowest BCUT2D eigenvalue weighted by Crippen LogP contribution is -2.35. The van der Waals surface area contributed by atoms with Crippen LogP contribution in [0.25, 0.3) is 9.40 Å². The standard InChI is InChI=1S/C11H12ClNOS2/c1-2-7(6-12)13-11(14)10-5-9-8(16-10)3-4-15-9/h3-5,7H,2,6H2,1H3,(H,13,14). The average Bonchev–Trinajstić information content (AvgIpc) is 2.85. The monoisotopic (exact) mass is 273 g/mol. The zero-order valence-corrected chi connectivity index (χ0v) is 11.2. The largest absolute Gasteiger partial charge is 0.347 e. The molecule has 0 fully saturated rings. The molecule has 2 nitrogen and oxygen atoms in total. The van der Waals surface area contributed by atoms with Gasteiger partial charge in [0.15, 0.2) is 0 Å². The van der Waals surface area contributed by atoms with Crippen molar-refractivity contribution in [3.05, 3.63) is 22.4 Å². The Balaban J connectivity index is 2.12. The van der Waals surface area contributed by atoms with Crippen molar-refractivity contribution in [2.45, 2.75) is 19.4 Å². The third-order valence-corrected chi connectivity index (χ3v) is 4.84. The Morgan fingerprint density at radius 1 is 1.56 bits per heavy atom. The molecule has 0 aliphatic heterocycles. The predicted molar refractivity (Wildman–Crippen MR) is 72.0 cm³/mol. The molecule has 0 spiro atoms. The predicted octanol–water partition coefficient (Wildman–Crippen LogP) is 3.71. The first kappa shape index (κ1) is 11.9. The van der Waals surface area contributed by atoms with Gasteiger partial charge in [0.25, 0.3) is 5.91 Å². The van der Waals surface area contributed by atoms with Crippen molar-refractivity contribution in [3.8, 4) is 0 Å². The van der Waals surface area contributed by atoms with Crippen LogP contribution in [-0.4, -0.2) is 17.8 Å². The van der Waals surface area contributed by atoms with Crippen LogP contribution in [0.4, 0.5) is 0 Å². The first-order chi connectivity index (χ1) is 7.74. The average molecular weight is 274 g/mol. The molecule has 0 aliphatic rings. The Hall–Kier alpha value is -0.580. The minimum absolute atomic E-state index is 0.0131. The molecule has 2 aromatic heterocycles. The van der Waals surface area contributed by atoms with Crippen molar-refractivity contribution in [1.29, 1.82) is 0 Å². The third kappa shape index (κ3) is 2.39. The maximum absolute atomic E-state index is 11.9. The molecular weight excluding hydrogens is 262 g/mol. The fourth-order valence-electron chi connectivity index (χ4n) is 1.38. The van der Waals surface area contributed by atoms with Gasteiger partial charge in [0.2, 0.25) is 0 Å². The number of amides is 1. The summed E-state index contributed by atoms with van der Waals surface area (Å²) in [4.78, 5) is 12.7. The van der Waals surface area contributed by atoms with Crippen molar-refractivity contribution in [3.63, 3.8) is 0 Å². The second kappa shape index (κ2) is 5.17. The van der Waals surface area contributed by atoms with E-state index >= 15 is 0 Å². The number of rotatable bonds is 4. The maximum Gasteiger partial charge on any atom is 0.261 e. The molecule has 0 radical (unpaired) electrons. The number of nitrogens with one attached hydrogen (secondary N) is 1. The highest BCUT2D eigenvalue weighted by Gasteiger charge is 2.14. The molecule has 1 amide bonds. The molecule has 0 aromatic carbocycles. The van der Waals surface area contributed by atoms with Gasteiger partial charge in [0.1, 0.15) is 0 Å². The van der Waals surface area contributed by atoms with Crippen LogP contribution < -0.4 is 5.32 Å². The van der Waals surface area contributed by atoms with E-state index in [1.807, 2.05) is 24.4 Å². The first-order valence-corrected chi connectivity index (χ1v) is 7.31. The lowest BCUT2D eigenvalue weighted by Gasteiger charge is -2.12. The van der Waals surface area contributed by atoms with Crippen LogP contribution in [0.3, 0.4) is 0 Å². The molecule has 1 atom stereocenters. The highest BCUT2D eigenvalue weighted by molar-refractivity contribution is 7.27. The molecule has 0 saturated carbocycles. The Morgan fingerprint density at radius 2 is 2.38 bits per heavy atom. The summed E-state index contributed by atoms with van der Waals surface area (Å²) in [5.41, 5.74) is 0. The van der Waals surface area contributed by atoms with E-state index in [4.69, 9.17) is 11.6 Å². The van der Waals surface area contributed by atoms with Gasteiger partial charge >= 0.3 is 0 Å². The van der Waals surface area contributed by atoms with Gasteiger partial charge < -0.3 is 5.32 Å². The highest BCUT2D eigenvalue weighted by atomic mass is 35.5. The molecule has 0 aliphatic carbocycles. The number of hydrogen-bond acceptors (Lipinski definition) is 3. The summed E-state index contributed by atoms with van der Waals surface area (Å²) < 4.78 is 2.35. The fourth-order valence-corrected chi connectivity index (χ4v) is 3.69. The number of fused-ring (bicyclic) bond motifs is 1. The lowest BCUT2D eigenvalue weighted by atomic mass is 10.2. The van der Waals surface area contributed by atoms with Crippen molar-refractivity contribution in [2.75, 3.05) is 5.88 Å². The van der Waals surface area contributed by atoms with Crippen LogP contribution in [-0.2, 0) is 0 Å². The van der Waals surface area contributed by atoms with Gasteiger partial charge in [-0.25, -0.2) is 0 Å². The second-order valence-corrected chi connectivity index (χ2v) is 5.83. The van der Waals surface area contributed by atoms with E-state index < -0.39 is 0 Å². The van der Waals surface area contributed by atoms with E-state index in [9.17, 15) is 4.79 Å². The van der Waals surface area contributed by atoms with Crippen molar-refractivity contribution in [1.82, 2.24) is 5.32 Å². The molecule has 0 saturated heterocycles. The second-order valence-electron chi connectivity index (χ2n) is 3.49. The van der Waals surface area contributed by atoms with E-state index in [1.165, 1.54) is 20.7 Å². The Bertz CT molecular complexity index is 458. The zero-order chi connectivity index (χ0) is 11.5. The van der Waals surface area contributed by atoms with Crippen LogP contribution in [0.2, 0.25) is 0 Å². The number of carbonyl (C=O) groups excluding carboxylic acids is 1. The quantitative estimate of drug-likeness (QED) is 0.846. The smallest absolute Gasteiger partial charge is 0.261 e. The molecule has 2 heterocycles. The van der Waals surface area contributed by atoms with Gasteiger partial charge in [0.05, 0.1) is 4.88 Å². The number of thiophene rings is 2. The molecule has 1 unspecified atom stereocenters. The normalized spacial score (nSPS) is 12.9.